The first-order valence-electron chi connectivity index (χ1n) is 4.53. The minimum atomic E-state index is 0.655. The number of hydrogen-bond acceptors (Lipinski definition) is 3. The second-order valence-electron chi connectivity index (χ2n) is 2.40. The van der Waals surface area contributed by atoms with Gasteiger partial charge in [-0.25, -0.2) is 4.98 Å². The van der Waals surface area contributed by atoms with Crippen LogP contribution in [0, 0.1) is 0 Å². The van der Waals surface area contributed by atoms with Crippen molar-refractivity contribution < 1.29 is 0 Å². The maximum atomic E-state index is 4.19. The Hall–Kier alpha value is -0.150. The fourth-order valence-corrected chi connectivity index (χ4v) is 2.24. The van der Waals surface area contributed by atoms with Crippen LogP contribution in [-0.2, 0) is 0 Å². The maximum Gasteiger partial charge on any atom is 0.106 e. The highest BCUT2D eigenvalue weighted by Crippen LogP contribution is 2.32. The zero-order chi connectivity index (χ0) is 10.1. The zero-order valence-electron chi connectivity index (χ0n) is 8.65. The highest BCUT2D eigenvalue weighted by Gasteiger charge is 1.96. The van der Waals surface area contributed by atoms with Crippen molar-refractivity contribution in [2.45, 2.75) is 38.0 Å². The van der Waals surface area contributed by atoms with Crippen molar-refractivity contribution >= 4 is 21.6 Å². The van der Waals surface area contributed by atoms with Crippen LogP contribution in [0.1, 0.15) is 27.7 Å². The van der Waals surface area contributed by atoms with Crippen molar-refractivity contribution in [1.82, 2.24) is 4.98 Å². The first kappa shape index (κ1) is 12.8. The third-order valence-electron chi connectivity index (χ3n) is 0.964. The van der Waals surface area contributed by atoms with Gasteiger partial charge >= 0.3 is 0 Å². The van der Waals surface area contributed by atoms with Crippen LogP contribution in [0.2, 0.25) is 0 Å². The molecule has 0 unspecified atom stereocenters. The van der Waals surface area contributed by atoms with E-state index in [0.717, 1.165) is 5.03 Å². The number of hydrogen-bond donors (Lipinski definition) is 0. The third-order valence-corrected chi connectivity index (χ3v) is 3.81. The Morgan fingerprint density at radius 3 is 2.38 bits per heavy atom. The molecule has 0 bridgehead atoms. The lowest BCUT2D eigenvalue weighted by molar-refractivity contribution is 1.12. The lowest BCUT2D eigenvalue weighted by Gasteiger charge is -2.01. The van der Waals surface area contributed by atoms with Crippen LogP contribution in [0.3, 0.4) is 0 Å². The summed E-state index contributed by atoms with van der Waals surface area (Å²) in [6.45, 7) is 8.36. The summed E-state index contributed by atoms with van der Waals surface area (Å²) in [7, 11) is 3.57. The Morgan fingerprint density at radius 1 is 1.23 bits per heavy atom. The standard InChI is InChI=1S/C8H11NS2.C2H6/c1-7(2)10-11-8-5-3-4-6-9-8;1-2/h3-7H,1-2H3;1-2H3. The summed E-state index contributed by atoms with van der Waals surface area (Å²) in [5, 5.41) is 1.74. The Morgan fingerprint density at radius 2 is 1.92 bits per heavy atom. The molecule has 3 heteroatoms. The predicted molar refractivity (Wildman–Crippen MR) is 64.2 cm³/mol. The summed E-state index contributed by atoms with van der Waals surface area (Å²) in [5.41, 5.74) is 0. The molecule has 0 aliphatic carbocycles. The van der Waals surface area contributed by atoms with Crippen molar-refractivity contribution in [3.63, 3.8) is 0 Å². The summed E-state index contributed by atoms with van der Waals surface area (Å²) >= 11 is 0. The summed E-state index contributed by atoms with van der Waals surface area (Å²) in [5.74, 6) is 0. The van der Waals surface area contributed by atoms with Gasteiger partial charge in [0.1, 0.15) is 5.03 Å². The van der Waals surface area contributed by atoms with Gasteiger partial charge in [-0.1, -0.05) is 44.6 Å². The predicted octanol–water partition coefficient (Wildman–Crippen LogP) is 4.26. The van der Waals surface area contributed by atoms with E-state index < -0.39 is 0 Å². The van der Waals surface area contributed by atoms with E-state index in [1.54, 1.807) is 10.8 Å². The maximum absolute atomic E-state index is 4.19. The first-order valence-corrected chi connectivity index (χ1v) is 6.74. The SMILES string of the molecule is CC.CC(C)SSc1ccccn1. The van der Waals surface area contributed by atoms with Gasteiger partial charge < -0.3 is 0 Å². The average molecular weight is 215 g/mol. The van der Waals surface area contributed by atoms with E-state index in [2.05, 4.69) is 18.8 Å². The molecule has 13 heavy (non-hydrogen) atoms. The minimum Gasteiger partial charge on any atom is -0.249 e. The number of aromatic nitrogens is 1. The molecule has 0 aromatic carbocycles. The molecule has 1 rings (SSSR count). The summed E-state index contributed by atoms with van der Waals surface area (Å²) in [6, 6.07) is 5.97. The molecule has 0 aliphatic heterocycles. The zero-order valence-corrected chi connectivity index (χ0v) is 10.3. The van der Waals surface area contributed by atoms with Gasteiger partial charge in [-0.2, -0.15) is 0 Å². The van der Waals surface area contributed by atoms with Crippen LogP contribution in [0.25, 0.3) is 0 Å². The number of pyridine rings is 1. The van der Waals surface area contributed by atoms with Crippen molar-refractivity contribution in [1.29, 1.82) is 0 Å². The molecule has 0 saturated heterocycles. The molecular formula is C10H17NS2. The molecule has 74 valence electrons. The molecule has 0 aliphatic rings. The van der Waals surface area contributed by atoms with Gasteiger partial charge in [0.15, 0.2) is 0 Å². The summed E-state index contributed by atoms with van der Waals surface area (Å²) < 4.78 is 0. The van der Waals surface area contributed by atoms with Crippen molar-refractivity contribution in [3.8, 4) is 0 Å². The Labute approximate surface area is 89.1 Å². The first-order chi connectivity index (χ1) is 6.29. The van der Waals surface area contributed by atoms with Gasteiger partial charge in [-0.15, -0.1) is 0 Å². The number of rotatable bonds is 3. The third kappa shape index (κ3) is 6.96. The van der Waals surface area contributed by atoms with E-state index in [9.17, 15) is 0 Å². The second kappa shape index (κ2) is 8.45. The average Bonchev–Trinajstić information content (AvgIpc) is 2.19. The molecule has 0 amide bonds. The normalized spacial score (nSPS) is 9.31. The van der Waals surface area contributed by atoms with Crippen LogP contribution < -0.4 is 0 Å². The highest BCUT2D eigenvalue weighted by molar-refractivity contribution is 8.76. The quantitative estimate of drug-likeness (QED) is 0.699. The second-order valence-corrected chi connectivity index (χ2v) is 5.19. The molecule has 0 atom stereocenters. The Kier molecular flexibility index (Phi) is 8.35. The van der Waals surface area contributed by atoms with E-state index in [1.807, 2.05) is 49.0 Å². The highest BCUT2D eigenvalue weighted by atomic mass is 33.1. The lowest BCUT2D eigenvalue weighted by Crippen LogP contribution is -1.81. The Bertz CT molecular complexity index is 199. The van der Waals surface area contributed by atoms with Crippen molar-refractivity contribution in [2.24, 2.45) is 0 Å². The fourth-order valence-electron chi connectivity index (χ4n) is 0.542. The van der Waals surface area contributed by atoms with Gasteiger partial charge in [0.2, 0.25) is 0 Å². The van der Waals surface area contributed by atoms with E-state index in [1.165, 1.54) is 0 Å². The molecule has 0 saturated carbocycles. The smallest absolute Gasteiger partial charge is 0.106 e. The molecular weight excluding hydrogens is 198 g/mol. The van der Waals surface area contributed by atoms with E-state index >= 15 is 0 Å². The largest absolute Gasteiger partial charge is 0.249 e. The molecule has 1 nitrogen and oxygen atoms in total. The van der Waals surface area contributed by atoms with Crippen molar-refractivity contribution in [3.05, 3.63) is 24.4 Å². The monoisotopic (exact) mass is 215 g/mol. The van der Waals surface area contributed by atoms with Gasteiger partial charge in [0.05, 0.1) is 0 Å². The molecule has 0 N–H and O–H groups in total. The molecule has 1 aromatic heterocycles. The molecule has 1 heterocycles. The van der Waals surface area contributed by atoms with Gasteiger partial charge in [-0.3, -0.25) is 0 Å². The summed E-state index contributed by atoms with van der Waals surface area (Å²) in [6.07, 6.45) is 1.82. The summed E-state index contributed by atoms with van der Waals surface area (Å²) in [4.78, 5) is 4.19. The molecule has 0 spiro atoms. The number of nitrogens with zero attached hydrogens (tertiary/aromatic N) is 1. The van der Waals surface area contributed by atoms with E-state index in [0.29, 0.717) is 5.25 Å². The van der Waals surface area contributed by atoms with Gasteiger partial charge in [0.25, 0.3) is 0 Å². The lowest BCUT2D eigenvalue weighted by atomic mass is 10.5. The molecule has 0 fully saturated rings. The van der Waals surface area contributed by atoms with Crippen LogP contribution in [-0.4, -0.2) is 10.2 Å². The van der Waals surface area contributed by atoms with Crippen molar-refractivity contribution in [2.75, 3.05) is 0 Å². The van der Waals surface area contributed by atoms with Crippen LogP contribution >= 0.6 is 21.6 Å². The van der Waals surface area contributed by atoms with E-state index in [-0.39, 0.29) is 0 Å². The Balaban J connectivity index is 0.000000671. The topological polar surface area (TPSA) is 12.9 Å². The van der Waals surface area contributed by atoms with Gasteiger partial charge in [0, 0.05) is 11.4 Å². The molecule has 0 radical (unpaired) electrons. The van der Waals surface area contributed by atoms with Crippen LogP contribution in [0.4, 0.5) is 0 Å². The fraction of sp³-hybridized carbons (Fsp3) is 0.500. The molecule has 1 aromatic rings. The van der Waals surface area contributed by atoms with Crippen LogP contribution in [0.5, 0.6) is 0 Å². The van der Waals surface area contributed by atoms with Gasteiger partial charge in [-0.05, 0) is 22.9 Å². The van der Waals surface area contributed by atoms with Crippen LogP contribution in [0.15, 0.2) is 29.4 Å². The van der Waals surface area contributed by atoms with E-state index in [4.69, 9.17) is 0 Å². The minimum absolute atomic E-state index is 0.655.